The summed E-state index contributed by atoms with van der Waals surface area (Å²) in [6.07, 6.45) is 8.53. The molecule has 0 unspecified atom stereocenters. The number of rotatable bonds is 5. The van der Waals surface area contributed by atoms with Gasteiger partial charge in [-0.1, -0.05) is 26.7 Å². The third-order valence-corrected chi connectivity index (χ3v) is 5.93. The first-order valence-electron chi connectivity index (χ1n) is 5.60. The van der Waals surface area contributed by atoms with E-state index in [0.717, 1.165) is 5.92 Å². The van der Waals surface area contributed by atoms with E-state index < -0.39 is 0 Å². The fourth-order valence-corrected chi connectivity index (χ4v) is 4.64. The van der Waals surface area contributed by atoms with Crippen LogP contribution in [-0.2, 0) is 0 Å². The van der Waals surface area contributed by atoms with Crippen LogP contribution in [0.25, 0.3) is 0 Å². The van der Waals surface area contributed by atoms with Crippen LogP contribution in [0.15, 0.2) is 0 Å². The van der Waals surface area contributed by atoms with Gasteiger partial charge in [0, 0.05) is 6.54 Å². The van der Waals surface area contributed by atoms with Gasteiger partial charge in [0.2, 0.25) is 0 Å². The van der Waals surface area contributed by atoms with E-state index in [1.54, 1.807) is 0 Å². The maximum Gasteiger partial charge on any atom is 0.00435 e. The van der Waals surface area contributed by atoms with Crippen molar-refractivity contribution in [3.05, 3.63) is 0 Å². The summed E-state index contributed by atoms with van der Waals surface area (Å²) in [6, 6.07) is 0. The van der Waals surface area contributed by atoms with Crippen LogP contribution in [0.3, 0.4) is 0 Å². The minimum atomic E-state index is 0.206. The third-order valence-electron chi connectivity index (χ3n) is 2.67. The Morgan fingerprint density at radius 1 is 1.31 bits per heavy atom. The molecular weight excluding hydrogens is 273 g/mol. The van der Waals surface area contributed by atoms with Gasteiger partial charge in [-0.2, -0.15) is 0 Å². The lowest BCUT2D eigenvalue weighted by molar-refractivity contribution is 0.728. The fraction of sp³-hybridized carbons (Fsp3) is 0.909. The van der Waals surface area contributed by atoms with Crippen molar-refractivity contribution in [2.45, 2.75) is 52.4 Å². The summed E-state index contributed by atoms with van der Waals surface area (Å²) in [5, 5.41) is 0. The minimum Gasteiger partial charge on any atom is -0.266 e. The first kappa shape index (κ1) is 11.6. The molecule has 0 aromatic rings. The van der Waals surface area contributed by atoms with E-state index in [1.807, 2.05) is 3.51 Å². The van der Waals surface area contributed by atoms with Gasteiger partial charge in [0.25, 0.3) is 0 Å². The molecule has 1 saturated carbocycles. The molecular formula is C11H22IN. The molecule has 1 aliphatic carbocycles. The second kappa shape index (κ2) is 6.93. The molecule has 0 aliphatic heterocycles. The lowest BCUT2D eigenvalue weighted by Crippen LogP contribution is -2.10. The summed E-state index contributed by atoms with van der Waals surface area (Å²) < 4.78 is 5.52. The van der Waals surface area contributed by atoms with Gasteiger partial charge < -0.3 is 0 Å². The lowest BCUT2D eigenvalue weighted by Gasteiger charge is -2.11. The molecule has 0 spiro atoms. The fourth-order valence-electron chi connectivity index (χ4n) is 1.90. The molecule has 2 heteroatoms. The number of halogens is 1. The van der Waals surface area contributed by atoms with E-state index >= 15 is 0 Å². The molecule has 0 aromatic heterocycles. The second-order valence-corrected chi connectivity index (χ2v) is 6.45. The molecule has 78 valence electrons. The quantitative estimate of drug-likeness (QED) is 0.464. The Morgan fingerprint density at radius 3 is 2.54 bits per heavy atom. The van der Waals surface area contributed by atoms with Crippen molar-refractivity contribution >= 4 is 24.5 Å². The van der Waals surface area contributed by atoms with Crippen LogP contribution in [-0.4, -0.2) is 10.1 Å². The van der Waals surface area contributed by atoms with E-state index in [-0.39, 0.29) is 21.0 Å². The van der Waals surface area contributed by atoms with Crippen molar-refractivity contribution in [2.75, 3.05) is 6.54 Å². The number of hydrogen-bond donors (Lipinski definition) is 1. The van der Waals surface area contributed by atoms with Gasteiger partial charge in [-0.25, -0.2) is 0 Å². The first-order valence-corrected chi connectivity index (χ1v) is 7.76. The molecule has 1 aliphatic rings. The van der Waals surface area contributed by atoms with Crippen molar-refractivity contribution in [2.24, 2.45) is 5.92 Å². The largest absolute Gasteiger partial charge is 0.266 e. The zero-order valence-electron chi connectivity index (χ0n) is 8.91. The van der Waals surface area contributed by atoms with Crippen LogP contribution in [0.1, 0.15) is 52.4 Å². The maximum atomic E-state index is 3.64. The lowest BCUT2D eigenvalue weighted by atomic mass is 10.0. The Kier molecular flexibility index (Phi) is 6.20. The maximum absolute atomic E-state index is 3.64. The molecule has 1 fully saturated rings. The Morgan fingerprint density at radius 2 is 2.00 bits per heavy atom. The predicted octanol–water partition coefficient (Wildman–Crippen LogP) is 3.64. The van der Waals surface area contributed by atoms with Gasteiger partial charge in [-0.3, -0.25) is 3.53 Å². The third kappa shape index (κ3) is 4.07. The van der Waals surface area contributed by atoms with E-state index in [9.17, 15) is 0 Å². The normalized spacial score (nSPS) is 20.3. The zero-order valence-corrected chi connectivity index (χ0v) is 11.1. The Balaban J connectivity index is 2.35. The van der Waals surface area contributed by atoms with E-state index in [4.69, 9.17) is 0 Å². The topological polar surface area (TPSA) is 12.0 Å². The summed E-state index contributed by atoms with van der Waals surface area (Å²) in [4.78, 5) is 0. The van der Waals surface area contributed by atoms with Gasteiger partial charge in [0.1, 0.15) is 0 Å². The molecule has 0 amide bonds. The van der Waals surface area contributed by atoms with Crippen molar-refractivity contribution in [3.8, 4) is 0 Å². The summed E-state index contributed by atoms with van der Waals surface area (Å²) >= 11 is 0.206. The number of hydrogen-bond acceptors (Lipinski definition) is 1. The van der Waals surface area contributed by atoms with Crippen molar-refractivity contribution in [1.82, 2.24) is 3.53 Å². The average molecular weight is 295 g/mol. The van der Waals surface area contributed by atoms with Gasteiger partial charge in [0.05, 0.1) is 0 Å². The molecule has 1 nitrogen and oxygen atoms in total. The first-order chi connectivity index (χ1) is 6.38. The van der Waals surface area contributed by atoms with Crippen LogP contribution < -0.4 is 3.53 Å². The zero-order chi connectivity index (χ0) is 9.52. The Bertz CT molecular complexity index is 159. The van der Waals surface area contributed by atoms with Crippen LogP contribution in [0, 0.1) is 5.92 Å². The van der Waals surface area contributed by atoms with Gasteiger partial charge in [-0.05, 0) is 56.1 Å². The summed E-state index contributed by atoms with van der Waals surface area (Å²) in [5.41, 5.74) is 0. The van der Waals surface area contributed by atoms with E-state index in [0.29, 0.717) is 0 Å². The van der Waals surface area contributed by atoms with Crippen LogP contribution in [0.2, 0.25) is 0 Å². The molecule has 0 aromatic carbocycles. The molecule has 0 heterocycles. The smallest absolute Gasteiger partial charge is 0.00435 e. The molecule has 0 radical (unpaired) electrons. The minimum absolute atomic E-state index is 0.206. The molecule has 0 atom stereocenters. The molecule has 13 heavy (non-hydrogen) atoms. The highest BCUT2D eigenvalue weighted by Crippen LogP contribution is 2.29. The molecule has 0 saturated heterocycles. The van der Waals surface area contributed by atoms with Gasteiger partial charge >= 0.3 is 0 Å². The van der Waals surface area contributed by atoms with E-state index in [2.05, 4.69) is 17.4 Å². The Hall–Kier alpha value is 0.560. The number of nitrogens with one attached hydrogen (secondary N) is 1. The van der Waals surface area contributed by atoms with Crippen molar-refractivity contribution in [1.29, 1.82) is 0 Å². The second-order valence-electron chi connectivity index (χ2n) is 3.76. The van der Waals surface area contributed by atoms with Crippen molar-refractivity contribution < 1.29 is 0 Å². The monoisotopic (exact) mass is 295 g/mol. The van der Waals surface area contributed by atoms with Crippen molar-refractivity contribution in [3.63, 3.8) is 0 Å². The van der Waals surface area contributed by atoms with Crippen LogP contribution in [0.5, 0.6) is 0 Å². The molecule has 0 bridgehead atoms. The van der Waals surface area contributed by atoms with Gasteiger partial charge in [0.15, 0.2) is 0 Å². The molecule has 1 N–H and O–H groups in total. The standard InChI is InChI=1S/C11H22IN/c1-3-9-13-12-11(4-2)10-7-5-6-8-10/h10,13H,3-9H2,1-2H3. The highest BCUT2D eigenvalue weighted by Gasteiger charge is 2.18. The van der Waals surface area contributed by atoms with Gasteiger partial charge in [-0.15, -0.1) is 0 Å². The highest BCUT2D eigenvalue weighted by atomic mass is 127. The summed E-state index contributed by atoms with van der Waals surface area (Å²) in [7, 11) is 0. The Labute approximate surface area is 92.8 Å². The van der Waals surface area contributed by atoms with Crippen LogP contribution >= 0.6 is 21.0 Å². The molecule has 1 rings (SSSR count). The predicted molar refractivity (Wildman–Crippen MR) is 69.6 cm³/mol. The van der Waals surface area contributed by atoms with E-state index in [1.165, 1.54) is 45.1 Å². The SMILES string of the molecule is CCCNI=C(CC)C1CCCC1. The summed E-state index contributed by atoms with van der Waals surface area (Å²) in [5.74, 6) is 1.00. The summed E-state index contributed by atoms with van der Waals surface area (Å²) in [6.45, 7) is 5.81. The van der Waals surface area contributed by atoms with Crippen LogP contribution in [0.4, 0.5) is 0 Å². The highest BCUT2D eigenvalue weighted by molar-refractivity contribution is 14.2. The average Bonchev–Trinajstić information content (AvgIpc) is 2.65.